The zero-order valence-electron chi connectivity index (χ0n) is 22.1. The van der Waals surface area contributed by atoms with E-state index in [4.69, 9.17) is 5.26 Å². The van der Waals surface area contributed by atoms with Crippen LogP contribution in [0.1, 0.15) is 60.5 Å². The van der Waals surface area contributed by atoms with Crippen molar-refractivity contribution in [3.8, 4) is 6.07 Å². The minimum absolute atomic E-state index is 0.0000127. The van der Waals surface area contributed by atoms with Crippen LogP contribution >= 0.6 is 0 Å². The van der Waals surface area contributed by atoms with Crippen LogP contribution in [0.2, 0.25) is 0 Å². The third kappa shape index (κ3) is 5.47. The van der Waals surface area contributed by atoms with Crippen LogP contribution in [-0.4, -0.2) is 55.9 Å². The summed E-state index contributed by atoms with van der Waals surface area (Å²) in [7, 11) is 0. The zero-order chi connectivity index (χ0) is 27.8. The van der Waals surface area contributed by atoms with Crippen LogP contribution in [0.25, 0.3) is 0 Å². The van der Waals surface area contributed by atoms with E-state index < -0.39 is 11.7 Å². The topological polar surface area (TPSA) is 67.7 Å². The fourth-order valence-corrected chi connectivity index (χ4v) is 6.54. The Morgan fingerprint density at radius 1 is 1.03 bits per heavy atom. The molecule has 0 N–H and O–H groups in total. The van der Waals surface area contributed by atoms with Gasteiger partial charge < -0.3 is 19.5 Å². The lowest BCUT2D eigenvalue weighted by atomic mass is 9.76. The van der Waals surface area contributed by atoms with Gasteiger partial charge >= 0.3 is 6.18 Å². The number of anilines is 2. The number of nitriles is 1. The summed E-state index contributed by atoms with van der Waals surface area (Å²) in [5, 5.41) is 9.13. The molecule has 206 valence electrons. The summed E-state index contributed by atoms with van der Waals surface area (Å²) < 4.78 is 40.6. The number of nitrogens with zero attached hydrogens (tertiary/aromatic N) is 4. The normalized spacial score (nSPS) is 21.7. The summed E-state index contributed by atoms with van der Waals surface area (Å²) >= 11 is 0. The molecule has 1 atom stereocenters. The standard InChI is InChI=1S/C30H33F3N4O2/c1-21-17-29(20-37(21)26-7-4-24(18-34)27(16-26)30(31,32)33)10-14-35(15-11-29)25-5-2-23(3-6-25)28(39)36-12-8-22(19-38)9-13-36/h2-7,16,19,21-22H,8-15,17,20H2,1H3. The van der Waals surface area contributed by atoms with Crippen LogP contribution in [0.4, 0.5) is 24.5 Å². The Morgan fingerprint density at radius 3 is 2.26 bits per heavy atom. The molecule has 0 aromatic heterocycles. The summed E-state index contributed by atoms with van der Waals surface area (Å²) in [4.78, 5) is 30.1. The Balaban J connectivity index is 1.21. The third-order valence-electron chi connectivity index (χ3n) is 8.85. The van der Waals surface area contributed by atoms with Gasteiger partial charge in [-0.15, -0.1) is 0 Å². The molecule has 3 heterocycles. The molecular formula is C30H33F3N4O2. The number of alkyl halides is 3. The summed E-state index contributed by atoms with van der Waals surface area (Å²) in [5.41, 5.74) is 1.03. The van der Waals surface area contributed by atoms with E-state index in [1.807, 2.05) is 29.2 Å². The molecule has 3 aliphatic rings. The predicted molar refractivity (Wildman–Crippen MR) is 143 cm³/mol. The maximum atomic E-state index is 13.5. The van der Waals surface area contributed by atoms with Crippen molar-refractivity contribution in [3.63, 3.8) is 0 Å². The molecule has 2 aromatic rings. The molecule has 39 heavy (non-hydrogen) atoms. The van der Waals surface area contributed by atoms with E-state index in [0.717, 1.165) is 50.4 Å². The van der Waals surface area contributed by atoms with Gasteiger partial charge in [0.2, 0.25) is 0 Å². The maximum Gasteiger partial charge on any atom is 0.417 e. The number of hydrogen-bond donors (Lipinski definition) is 0. The number of halogens is 3. The average molecular weight is 539 g/mol. The monoisotopic (exact) mass is 538 g/mol. The van der Waals surface area contributed by atoms with Gasteiger partial charge in [-0.1, -0.05) is 0 Å². The molecule has 5 rings (SSSR count). The largest absolute Gasteiger partial charge is 0.417 e. The molecule has 0 bridgehead atoms. The molecule has 2 aromatic carbocycles. The van der Waals surface area contributed by atoms with Crippen LogP contribution in [0, 0.1) is 22.7 Å². The van der Waals surface area contributed by atoms with Crippen molar-refractivity contribution in [2.24, 2.45) is 11.3 Å². The van der Waals surface area contributed by atoms with E-state index in [2.05, 4.69) is 16.7 Å². The van der Waals surface area contributed by atoms with Crippen molar-refractivity contribution >= 4 is 23.6 Å². The second-order valence-electron chi connectivity index (χ2n) is 11.3. The van der Waals surface area contributed by atoms with Gasteiger partial charge in [-0.2, -0.15) is 18.4 Å². The molecule has 1 spiro atoms. The van der Waals surface area contributed by atoms with E-state index in [9.17, 15) is 22.8 Å². The lowest BCUT2D eigenvalue weighted by molar-refractivity contribution is -0.137. The highest BCUT2D eigenvalue weighted by molar-refractivity contribution is 5.94. The molecule has 1 amide bonds. The Bertz CT molecular complexity index is 1250. The lowest BCUT2D eigenvalue weighted by Gasteiger charge is -2.40. The number of rotatable bonds is 4. The number of aldehydes is 1. The van der Waals surface area contributed by atoms with Gasteiger partial charge in [-0.3, -0.25) is 4.79 Å². The van der Waals surface area contributed by atoms with Crippen molar-refractivity contribution in [2.75, 3.05) is 42.5 Å². The number of amides is 1. The van der Waals surface area contributed by atoms with Crippen LogP contribution in [0.5, 0.6) is 0 Å². The zero-order valence-corrected chi connectivity index (χ0v) is 22.1. The number of benzene rings is 2. The van der Waals surface area contributed by atoms with Gasteiger partial charge in [0.1, 0.15) is 6.29 Å². The highest BCUT2D eigenvalue weighted by Gasteiger charge is 2.45. The molecule has 9 heteroatoms. The van der Waals surface area contributed by atoms with E-state index in [1.165, 1.54) is 6.07 Å². The van der Waals surface area contributed by atoms with Crippen LogP contribution < -0.4 is 9.80 Å². The smallest absolute Gasteiger partial charge is 0.371 e. The van der Waals surface area contributed by atoms with Gasteiger partial charge in [0.25, 0.3) is 5.91 Å². The van der Waals surface area contributed by atoms with Gasteiger partial charge in [0, 0.05) is 61.6 Å². The Kier molecular flexibility index (Phi) is 7.32. The molecule has 0 saturated carbocycles. The Morgan fingerprint density at radius 2 is 1.67 bits per heavy atom. The van der Waals surface area contributed by atoms with Crippen molar-refractivity contribution in [1.29, 1.82) is 5.26 Å². The van der Waals surface area contributed by atoms with E-state index in [-0.39, 0.29) is 28.8 Å². The molecule has 0 aliphatic carbocycles. The van der Waals surface area contributed by atoms with Gasteiger partial charge in [0.15, 0.2) is 0 Å². The molecule has 6 nitrogen and oxygen atoms in total. The SMILES string of the molecule is CC1CC2(CCN(c3ccc(C(=O)N4CCC(C=O)CC4)cc3)CC2)CN1c1ccc(C#N)c(C(F)(F)F)c1. The van der Waals surface area contributed by atoms with Crippen molar-refractivity contribution in [3.05, 3.63) is 59.2 Å². The quantitative estimate of drug-likeness (QED) is 0.480. The first-order valence-electron chi connectivity index (χ1n) is 13.6. The van der Waals surface area contributed by atoms with Crippen LogP contribution in [0.3, 0.4) is 0 Å². The summed E-state index contributed by atoms with van der Waals surface area (Å²) in [6.45, 7) is 5.65. The molecule has 3 fully saturated rings. The highest BCUT2D eigenvalue weighted by Crippen LogP contribution is 2.46. The molecule has 1 unspecified atom stereocenters. The minimum Gasteiger partial charge on any atom is -0.371 e. The molecular weight excluding hydrogens is 505 g/mol. The van der Waals surface area contributed by atoms with Crippen LogP contribution in [-0.2, 0) is 11.0 Å². The number of hydrogen-bond acceptors (Lipinski definition) is 5. The van der Waals surface area contributed by atoms with Crippen molar-refractivity contribution in [1.82, 2.24) is 4.90 Å². The first-order valence-corrected chi connectivity index (χ1v) is 13.6. The van der Waals surface area contributed by atoms with Crippen molar-refractivity contribution in [2.45, 2.75) is 51.2 Å². The highest BCUT2D eigenvalue weighted by atomic mass is 19.4. The molecule has 3 aliphatic heterocycles. The number of likely N-dealkylation sites (tertiary alicyclic amines) is 1. The second kappa shape index (κ2) is 10.6. The second-order valence-corrected chi connectivity index (χ2v) is 11.3. The van der Waals surface area contributed by atoms with Gasteiger partial charge in [-0.25, -0.2) is 0 Å². The molecule has 3 saturated heterocycles. The maximum absolute atomic E-state index is 13.5. The van der Waals surface area contributed by atoms with E-state index >= 15 is 0 Å². The average Bonchev–Trinajstić information content (AvgIpc) is 3.27. The fourth-order valence-electron chi connectivity index (χ4n) is 6.54. The third-order valence-corrected chi connectivity index (χ3v) is 8.85. The lowest BCUT2D eigenvalue weighted by Crippen LogP contribution is -2.41. The first kappa shape index (κ1) is 27.0. The summed E-state index contributed by atoms with van der Waals surface area (Å²) in [6, 6.07) is 13.5. The molecule has 0 radical (unpaired) electrons. The van der Waals surface area contributed by atoms with Gasteiger partial charge in [-0.05, 0) is 86.9 Å². The van der Waals surface area contributed by atoms with Gasteiger partial charge in [0.05, 0.1) is 17.2 Å². The first-order chi connectivity index (χ1) is 18.6. The number of carbonyl (C=O) groups is 2. The number of piperidine rings is 2. The van der Waals surface area contributed by atoms with E-state index in [0.29, 0.717) is 43.7 Å². The fraction of sp³-hybridized carbons (Fsp3) is 0.500. The predicted octanol–water partition coefficient (Wildman–Crippen LogP) is 5.51. The summed E-state index contributed by atoms with van der Waals surface area (Å²) in [5.74, 6) is 0.0511. The van der Waals surface area contributed by atoms with Crippen LogP contribution in [0.15, 0.2) is 42.5 Å². The summed E-state index contributed by atoms with van der Waals surface area (Å²) in [6.07, 6.45) is 0.628. The Hall–Kier alpha value is -3.54. The Labute approximate surface area is 227 Å². The number of carbonyl (C=O) groups excluding carboxylic acids is 2. The van der Waals surface area contributed by atoms with Crippen molar-refractivity contribution < 1.29 is 22.8 Å². The van der Waals surface area contributed by atoms with E-state index in [1.54, 1.807) is 12.1 Å². The minimum atomic E-state index is -4.57.